The van der Waals surface area contributed by atoms with Crippen LogP contribution < -0.4 is 0 Å². The summed E-state index contributed by atoms with van der Waals surface area (Å²) in [7, 11) is 0. The van der Waals surface area contributed by atoms with Crippen LogP contribution in [-0.2, 0) is 0 Å². The minimum absolute atomic E-state index is 0.142. The van der Waals surface area contributed by atoms with Crippen LogP contribution in [0.5, 0.6) is 0 Å². The van der Waals surface area contributed by atoms with Crippen molar-refractivity contribution in [2.75, 3.05) is 5.33 Å². The maximum atomic E-state index is 13.0. The molecule has 0 saturated heterocycles. The van der Waals surface area contributed by atoms with Crippen molar-refractivity contribution in [3.05, 3.63) is 35.6 Å². The smallest absolute Gasteiger partial charge is 0.123 e. The van der Waals surface area contributed by atoms with Crippen LogP contribution in [0.4, 0.5) is 4.39 Å². The van der Waals surface area contributed by atoms with E-state index in [-0.39, 0.29) is 5.82 Å². The molecule has 1 aromatic carbocycles. The number of hydrogen-bond donors (Lipinski definition) is 0. The summed E-state index contributed by atoms with van der Waals surface area (Å²) in [6.45, 7) is 4.37. The number of hydrogen-bond acceptors (Lipinski definition) is 0. The van der Waals surface area contributed by atoms with Gasteiger partial charge in [0.25, 0.3) is 0 Å². The highest BCUT2D eigenvalue weighted by molar-refractivity contribution is 9.09. The summed E-state index contributed by atoms with van der Waals surface area (Å²) in [5.41, 5.74) is 1.09. The third-order valence-corrected chi connectivity index (χ3v) is 3.47. The molecule has 0 aliphatic rings. The molecule has 0 nitrogen and oxygen atoms in total. The molecule has 0 bridgehead atoms. The largest absolute Gasteiger partial charge is 0.207 e. The van der Waals surface area contributed by atoms with Gasteiger partial charge in [0.15, 0.2) is 0 Å². The van der Waals surface area contributed by atoms with Crippen molar-refractivity contribution in [1.29, 1.82) is 0 Å². The molecule has 0 N–H and O–H groups in total. The zero-order chi connectivity index (χ0) is 10.6. The van der Waals surface area contributed by atoms with E-state index in [0.29, 0.717) is 11.8 Å². The van der Waals surface area contributed by atoms with E-state index in [1.165, 1.54) is 6.07 Å². The van der Waals surface area contributed by atoms with Gasteiger partial charge in [-0.1, -0.05) is 48.3 Å². The molecule has 1 rings (SSSR count). The first-order chi connectivity index (χ1) is 6.69. The number of rotatable bonds is 4. The lowest BCUT2D eigenvalue weighted by Gasteiger charge is -2.21. The third-order valence-electron chi connectivity index (χ3n) is 2.77. The van der Waals surface area contributed by atoms with Gasteiger partial charge in [0.1, 0.15) is 5.82 Å². The lowest BCUT2D eigenvalue weighted by atomic mass is 9.87. The van der Waals surface area contributed by atoms with E-state index in [1.54, 1.807) is 12.1 Å². The van der Waals surface area contributed by atoms with Crippen LogP contribution in [0, 0.1) is 11.7 Å². The van der Waals surface area contributed by atoms with E-state index in [9.17, 15) is 4.39 Å². The Morgan fingerprint density at radius 3 is 2.64 bits per heavy atom. The molecule has 0 heterocycles. The molecule has 0 spiro atoms. The standard InChI is InChI=1S/C12H16BrF/c1-3-9(2)12(8-13)10-5-4-6-11(14)7-10/h4-7,9,12H,3,8H2,1-2H3. The van der Waals surface area contributed by atoms with Gasteiger partial charge in [-0.2, -0.15) is 0 Å². The number of halogens is 2. The second kappa shape index (κ2) is 5.50. The summed E-state index contributed by atoms with van der Waals surface area (Å²) in [4.78, 5) is 0. The van der Waals surface area contributed by atoms with Crippen molar-refractivity contribution < 1.29 is 4.39 Å². The minimum Gasteiger partial charge on any atom is -0.207 e. The molecule has 0 aliphatic heterocycles. The van der Waals surface area contributed by atoms with Crippen LogP contribution in [0.15, 0.2) is 24.3 Å². The van der Waals surface area contributed by atoms with Crippen LogP contribution in [0.1, 0.15) is 31.7 Å². The maximum absolute atomic E-state index is 13.0. The number of alkyl halides is 1. The highest BCUT2D eigenvalue weighted by Gasteiger charge is 2.16. The van der Waals surface area contributed by atoms with E-state index in [0.717, 1.165) is 17.3 Å². The Hall–Kier alpha value is -0.370. The summed E-state index contributed by atoms with van der Waals surface area (Å²) in [5.74, 6) is 0.851. The summed E-state index contributed by atoms with van der Waals surface area (Å²) in [6, 6.07) is 6.91. The van der Waals surface area contributed by atoms with E-state index >= 15 is 0 Å². The molecule has 14 heavy (non-hydrogen) atoms. The molecule has 2 unspecified atom stereocenters. The molecule has 2 heteroatoms. The van der Waals surface area contributed by atoms with Gasteiger partial charge in [0.2, 0.25) is 0 Å². The van der Waals surface area contributed by atoms with Crippen molar-refractivity contribution in [3.8, 4) is 0 Å². The van der Waals surface area contributed by atoms with Crippen LogP contribution in [-0.4, -0.2) is 5.33 Å². The Balaban J connectivity index is 2.89. The molecule has 0 amide bonds. The summed E-state index contributed by atoms with van der Waals surface area (Å²) < 4.78 is 13.0. The first-order valence-corrected chi connectivity index (χ1v) is 6.12. The Bertz CT molecular complexity index is 285. The zero-order valence-corrected chi connectivity index (χ0v) is 10.2. The van der Waals surface area contributed by atoms with Gasteiger partial charge >= 0.3 is 0 Å². The Morgan fingerprint density at radius 1 is 1.43 bits per heavy atom. The van der Waals surface area contributed by atoms with E-state index in [4.69, 9.17) is 0 Å². The first kappa shape index (κ1) is 11.7. The summed E-state index contributed by atoms with van der Waals surface area (Å²) in [6.07, 6.45) is 1.12. The van der Waals surface area contributed by atoms with Gasteiger partial charge in [-0.25, -0.2) is 4.39 Å². The fourth-order valence-corrected chi connectivity index (χ4v) is 2.60. The minimum atomic E-state index is -0.142. The highest BCUT2D eigenvalue weighted by Crippen LogP contribution is 2.28. The fraction of sp³-hybridized carbons (Fsp3) is 0.500. The molecular weight excluding hydrogens is 243 g/mol. The van der Waals surface area contributed by atoms with E-state index < -0.39 is 0 Å². The van der Waals surface area contributed by atoms with Crippen LogP contribution in [0.2, 0.25) is 0 Å². The predicted molar refractivity (Wildman–Crippen MR) is 62.4 cm³/mol. The zero-order valence-electron chi connectivity index (χ0n) is 8.63. The maximum Gasteiger partial charge on any atom is 0.123 e. The molecule has 1 aromatic rings. The summed E-state index contributed by atoms with van der Waals surface area (Å²) in [5, 5.41) is 0.894. The molecule has 78 valence electrons. The second-order valence-corrected chi connectivity index (χ2v) is 4.35. The normalized spacial score (nSPS) is 15.1. The van der Waals surface area contributed by atoms with Crippen LogP contribution in [0.3, 0.4) is 0 Å². The Morgan fingerprint density at radius 2 is 2.14 bits per heavy atom. The fourth-order valence-electron chi connectivity index (χ4n) is 1.59. The van der Waals surface area contributed by atoms with E-state index in [2.05, 4.69) is 29.8 Å². The third kappa shape index (κ3) is 2.81. The van der Waals surface area contributed by atoms with Crippen LogP contribution in [0.25, 0.3) is 0 Å². The second-order valence-electron chi connectivity index (χ2n) is 3.70. The highest BCUT2D eigenvalue weighted by atomic mass is 79.9. The molecular formula is C12H16BrF. The SMILES string of the molecule is CCC(C)C(CBr)c1cccc(F)c1. The van der Waals surface area contributed by atoms with Gasteiger partial charge in [-0.05, 0) is 29.5 Å². The van der Waals surface area contributed by atoms with E-state index in [1.807, 2.05) is 6.07 Å². The number of benzene rings is 1. The van der Waals surface area contributed by atoms with Crippen molar-refractivity contribution in [1.82, 2.24) is 0 Å². The van der Waals surface area contributed by atoms with Crippen molar-refractivity contribution in [2.24, 2.45) is 5.92 Å². The van der Waals surface area contributed by atoms with Gasteiger partial charge < -0.3 is 0 Å². The monoisotopic (exact) mass is 258 g/mol. The van der Waals surface area contributed by atoms with Crippen molar-refractivity contribution in [3.63, 3.8) is 0 Å². The first-order valence-electron chi connectivity index (χ1n) is 5.00. The van der Waals surface area contributed by atoms with Gasteiger partial charge in [-0.15, -0.1) is 0 Å². The lowest BCUT2D eigenvalue weighted by molar-refractivity contribution is 0.478. The summed E-state index contributed by atoms with van der Waals surface area (Å²) >= 11 is 3.50. The van der Waals surface area contributed by atoms with Crippen molar-refractivity contribution >= 4 is 15.9 Å². The molecule has 0 aromatic heterocycles. The average molecular weight is 259 g/mol. The quantitative estimate of drug-likeness (QED) is 0.705. The predicted octanol–water partition coefficient (Wildman–Crippen LogP) is 4.35. The topological polar surface area (TPSA) is 0 Å². The van der Waals surface area contributed by atoms with Crippen LogP contribution >= 0.6 is 15.9 Å². The molecule has 0 saturated carbocycles. The molecule has 0 radical (unpaired) electrons. The molecule has 0 aliphatic carbocycles. The Kier molecular flexibility index (Phi) is 4.59. The van der Waals surface area contributed by atoms with Gasteiger partial charge in [0.05, 0.1) is 0 Å². The lowest BCUT2D eigenvalue weighted by Crippen LogP contribution is -2.10. The Labute approximate surface area is 93.7 Å². The van der Waals surface area contributed by atoms with Gasteiger partial charge in [-0.3, -0.25) is 0 Å². The molecule has 2 atom stereocenters. The average Bonchev–Trinajstić information content (AvgIpc) is 2.19. The van der Waals surface area contributed by atoms with Crippen molar-refractivity contribution in [2.45, 2.75) is 26.2 Å². The van der Waals surface area contributed by atoms with Gasteiger partial charge in [0, 0.05) is 5.33 Å². The molecule has 0 fully saturated rings.